The molecule has 1 fully saturated rings. The minimum absolute atomic E-state index is 0.0382. The number of amides is 1. The molecule has 1 aromatic rings. The van der Waals surface area contributed by atoms with Crippen LogP contribution in [0.4, 0.5) is 0 Å². The predicted molar refractivity (Wildman–Crippen MR) is 75.0 cm³/mol. The second kappa shape index (κ2) is 4.92. The normalized spacial score (nSPS) is 17.9. The Morgan fingerprint density at radius 1 is 1.44 bits per heavy atom. The molecule has 0 bridgehead atoms. The van der Waals surface area contributed by atoms with Gasteiger partial charge in [0, 0.05) is 17.6 Å². The van der Waals surface area contributed by atoms with Crippen LogP contribution in [-0.2, 0) is 0 Å². The molecular formula is C14H18BrNO2. The van der Waals surface area contributed by atoms with E-state index in [4.69, 9.17) is 4.74 Å². The Labute approximate surface area is 116 Å². The van der Waals surface area contributed by atoms with E-state index >= 15 is 0 Å². The van der Waals surface area contributed by atoms with Gasteiger partial charge in [0.05, 0.1) is 11.6 Å². The number of hydrogen-bond donors (Lipinski definition) is 0. The Hall–Kier alpha value is -1.03. The lowest BCUT2D eigenvalue weighted by Crippen LogP contribution is -2.42. The van der Waals surface area contributed by atoms with E-state index in [1.807, 2.05) is 23.1 Å². The van der Waals surface area contributed by atoms with Gasteiger partial charge < -0.3 is 9.64 Å². The van der Waals surface area contributed by atoms with Gasteiger partial charge in [-0.25, -0.2) is 0 Å². The summed E-state index contributed by atoms with van der Waals surface area (Å²) in [5, 5.41) is 0. The van der Waals surface area contributed by atoms with Crippen LogP contribution in [0.2, 0.25) is 0 Å². The lowest BCUT2D eigenvalue weighted by molar-refractivity contribution is 0.0652. The Morgan fingerprint density at radius 2 is 2.17 bits per heavy atom. The summed E-state index contributed by atoms with van der Waals surface area (Å²) in [4.78, 5) is 14.4. The molecule has 1 heterocycles. The van der Waals surface area contributed by atoms with Crippen molar-refractivity contribution >= 4 is 21.8 Å². The molecular weight excluding hydrogens is 294 g/mol. The first-order valence-corrected chi connectivity index (χ1v) is 6.90. The molecule has 0 saturated carbocycles. The van der Waals surface area contributed by atoms with Crippen LogP contribution >= 0.6 is 15.9 Å². The standard InChI is InChI=1S/C14H18BrNO2/c1-14(2)7-4-8-16(14)13(17)10-5-6-12(18-3)11(15)9-10/h5-6,9H,4,7-8H2,1-3H3. The van der Waals surface area contributed by atoms with Crippen molar-refractivity contribution in [2.75, 3.05) is 13.7 Å². The molecule has 0 N–H and O–H groups in total. The average Bonchev–Trinajstić information content (AvgIpc) is 2.68. The molecule has 0 unspecified atom stereocenters. The first kappa shape index (κ1) is 13.4. The summed E-state index contributed by atoms with van der Waals surface area (Å²) in [6.45, 7) is 5.09. The summed E-state index contributed by atoms with van der Waals surface area (Å²) >= 11 is 3.42. The van der Waals surface area contributed by atoms with Crippen molar-refractivity contribution in [3.8, 4) is 5.75 Å². The molecule has 0 spiro atoms. The molecule has 1 aliphatic rings. The van der Waals surface area contributed by atoms with E-state index in [1.165, 1.54) is 0 Å². The summed E-state index contributed by atoms with van der Waals surface area (Å²) in [5.41, 5.74) is 0.668. The predicted octanol–water partition coefficient (Wildman–Crippen LogP) is 3.47. The van der Waals surface area contributed by atoms with Gasteiger partial charge >= 0.3 is 0 Å². The molecule has 2 rings (SSSR count). The number of likely N-dealkylation sites (tertiary alicyclic amines) is 1. The topological polar surface area (TPSA) is 29.5 Å². The van der Waals surface area contributed by atoms with Crippen molar-refractivity contribution in [2.45, 2.75) is 32.2 Å². The third-order valence-electron chi connectivity index (χ3n) is 3.54. The van der Waals surface area contributed by atoms with Crippen molar-refractivity contribution in [3.05, 3.63) is 28.2 Å². The fourth-order valence-corrected chi connectivity index (χ4v) is 2.98. The summed E-state index contributed by atoms with van der Waals surface area (Å²) in [6.07, 6.45) is 2.14. The van der Waals surface area contributed by atoms with Gasteiger partial charge in [-0.15, -0.1) is 0 Å². The number of ether oxygens (including phenoxy) is 1. The fraction of sp³-hybridized carbons (Fsp3) is 0.500. The summed E-state index contributed by atoms with van der Waals surface area (Å²) in [7, 11) is 1.62. The van der Waals surface area contributed by atoms with E-state index < -0.39 is 0 Å². The highest BCUT2D eigenvalue weighted by atomic mass is 79.9. The van der Waals surface area contributed by atoms with Gasteiger partial charge in [0.15, 0.2) is 0 Å². The number of nitrogens with zero attached hydrogens (tertiary/aromatic N) is 1. The highest BCUT2D eigenvalue weighted by molar-refractivity contribution is 9.10. The zero-order chi connectivity index (χ0) is 13.3. The molecule has 0 aliphatic carbocycles. The SMILES string of the molecule is COc1ccc(C(=O)N2CCCC2(C)C)cc1Br. The van der Waals surface area contributed by atoms with Crippen LogP contribution in [0, 0.1) is 0 Å². The van der Waals surface area contributed by atoms with Gasteiger partial charge in [-0.3, -0.25) is 4.79 Å². The lowest BCUT2D eigenvalue weighted by Gasteiger charge is -2.31. The minimum atomic E-state index is -0.0382. The van der Waals surface area contributed by atoms with Crippen molar-refractivity contribution in [1.82, 2.24) is 4.90 Å². The second-order valence-electron chi connectivity index (χ2n) is 5.22. The fourth-order valence-electron chi connectivity index (χ4n) is 2.44. The first-order valence-electron chi connectivity index (χ1n) is 6.11. The number of halogens is 1. The molecule has 1 aromatic carbocycles. The zero-order valence-corrected chi connectivity index (χ0v) is 12.6. The first-order chi connectivity index (χ1) is 8.45. The molecule has 0 aromatic heterocycles. The van der Waals surface area contributed by atoms with Crippen LogP contribution in [0.3, 0.4) is 0 Å². The van der Waals surface area contributed by atoms with Gasteiger partial charge in [-0.2, -0.15) is 0 Å². The molecule has 1 saturated heterocycles. The second-order valence-corrected chi connectivity index (χ2v) is 6.08. The van der Waals surface area contributed by atoms with Gasteiger partial charge in [0.25, 0.3) is 5.91 Å². The Balaban J connectivity index is 2.27. The Bertz CT molecular complexity index is 471. The van der Waals surface area contributed by atoms with Gasteiger partial charge in [-0.1, -0.05) is 0 Å². The van der Waals surface area contributed by atoms with Crippen LogP contribution in [0.15, 0.2) is 22.7 Å². The van der Waals surface area contributed by atoms with Crippen LogP contribution in [0.1, 0.15) is 37.0 Å². The quantitative estimate of drug-likeness (QED) is 0.837. The molecule has 18 heavy (non-hydrogen) atoms. The van der Waals surface area contributed by atoms with Crippen molar-refractivity contribution < 1.29 is 9.53 Å². The highest BCUT2D eigenvalue weighted by Gasteiger charge is 2.35. The minimum Gasteiger partial charge on any atom is -0.496 e. The van der Waals surface area contributed by atoms with E-state index in [2.05, 4.69) is 29.8 Å². The van der Waals surface area contributed by atoms with E-state index in [1.54, 1.807) is 7.11 Å². The van der Waals surface area contributed by atoms with Gasteiger partial charge in [0.2, 0.25) is 0 Å². The molecule has 0 radical (unpaired) electrons. The van der Waals surface area contributed by atoms with Crippen LogP contribution in [-0.4, -0.2) is 30.0 Å². The maximum atomic E-state index is 12.5. The van der Waals surface area contributed by atoms with E-state index in [9.17, 15) is 4.79 Å². The van der Waals surface area contributed by atoms with Crippen molar-refractivity contribution in [1.29, 1.82) is 0 Å². The van der Waals surface area contributed by atoms with E-state index in [0.29, 0.717) is 5.56 Å². The third kappa shape index (κ3) is 2.39. The number of carbonyl (C=O) groups is 1. The maximum absolute atomic E-state index is 12.5. The number of methoxy groups -OCH3 is 1. The maximum Gasteiger partial charge on any atom is 0.254 e. The number of benzene rings is 1. The highest BCUT2D eigenvalue weighted by Crippen LogP contribution is 2.31. The molecule has 1 aliphatic heterocycles. The Kier molecular flexibility index (Phi) is 3.66. The lowest BCUT2D eigenvalue weighted by atomic mass is 10.0. The van der Waals surface area contributed by atoms with Crippen molar-refractivity contribution in [2.24, 2.45) is 0 Å². The number of carbonyl (C=O) groups excluding carboxylic acids is 1. The molecule has 98 valence electrons. The van der Waals surface area contributed by atoms with Crippen LogP contribution < -0.4 is 4.74 Å². The van der Waals surface area contributed by atoms with Gasteiger partial charge in [0.1, 0.15) is 5.75 Å². The zero-order valence-electron chi connectivity index (χ0n) is 11.0. The molecule has 4 heteroatoms. The average molecular weight is 312 g/mol. The Morgan fingerprint density at radius 3 is 2.67 bits per heavy atom. The number of rotatable bonds is 2. The third-order valence-corrected chi connectivity index (χ3v) is 4.16. The molecule has 0 atom stereocenters. The monoisotopic (exact) mass is 311 g/mol. The van der Waals surface area contributed by atoms with Gasteiger partial charge in [-0.05, 0) is 60.8 Å². The van der Waals surface area contributed by atoms with Crippen LogP contribution in [0.5, 0.6) is 5.75 Å². The van der Waals surface area contributed by atoms with Crippen molar-refractivity contribution in [3.63, 3.8) is 0 Å². The molecule has 3 nitrogen and oxygen atoms in total. The number of hydrogen-bond acceptors (Lipinski definition) is 2. The summed E-state index contributed by atoms with van der Waals surface area (Å²) in [5.74, 6) is 0.841. The van der Waals surface area contributed by atoms with E-state index in [-0.39, 0.29) is 11.4 Å². The molecule has 1 amide bonds. The smallest absolute Gasteiger partial charge is 0.254 e. The summed E-state index contributed by atoms with van der Waals surface area (Å²) in [6, 6.07) is 5.47. The summed E-state index contributed by atoms with van der Waals surface area (Å²) < 4.78 is 5.99. The van der Waals surface area contributed by atoms with Crippen LogP contribution in [0.25, 0.3) is 0 Å². The van der Waals surface area contributed by atoms with E-state index in [0.717, 1.165) is 29.6 Å². The largest absolute Gasteiger partial charge is 0.496 e.